The van der Waals surface area contributed by atoms with E-state index in [9.17, 15) is 0 Å². The summed E-state index contributed by atoms with van der Waals surface area (Å²) in [7, 11) is 0. The van der Waals surface area contributed by atoms with Gasteiger partial charge in [0.05, 0.1) is 11.1 Å². The Bertz CT molecular complexity index is 702. The molecule has 1 fully saturated rings. The molecule has 5 rings (SSSR count). The Hall–Kier alpha value is -1.96. The summed E-state index contributed by atoms with van der Waals surface area (Å²) < 4.78 is 0. The van der Waals surface area contributed by atoms with E-state index in [2.05, 4.69) is 73.0 Å². The molecule has 4 bridgehead atoms. The van der Waals surface area contributed by atoms with Crippen molar-refractivity contribution in [2.24, 2.45) is 0 Å². The second-order valence-corrected chi connectivity index (χ2v) is 7.71. The zero-order valence-corrected chi connectivity index (χ0v) is 13.2. The molecule has 0 aromatic heterocycles. The molecule has 3 aliphatic rings. The van der Waals surface area contributed by atoms with Gasteiger partial charge in [0.2, 0.25) is 0 Å². The van der Waals surface area contributed by atoms with Crippen LogP contribution in [-0.2, 0) is 0 Å². The average Bonchev–Trinajstić information content (AvgIpc) is 2.52. The van der Waals surface area contributed by atoms with Gasteiger partial charge in [0, 0.05) is 11.4 Å². The van der Waals surface area contributed by atoms with E-state index in [-0.39, 0.29) is 11.1 Å². The summed E-state index contributed by atoms with van der Waals surface area (Å²) in [6.07, 6.45) is 2.40. The molecule has 0 saturated heterocycles. The topological polar surface area (TPSA) is 24.1 Å². The largest absolute Gasteiger partial charge is 0.377 e. The predicted octanol–water partition coefficient (Wildman–Crippen LogP) is 4.72. The summed E-state index contributed by atoms with van der Waals surface area (Å²) in [6.45, 7) is 4.79. The molecule has 4 atom stereocenters. The zero-order chi connectivity index (χ0) is 14.9. The molecule has 2 aromatic rings. The van der Waals surface area contributed by atoms with Gasteiger partial charge in [0.15, 0.2) is 0 Å². The van der Waals surface area contributed by atoms with Crippen molar-refractivity contribution in [3.05, 3.63) is 59.7 Å². The Balaban J connectivity index is 1.77. The third kappa shape index (κ3) is 1.41. The lowest BCUT2D eigenvalue weighted by Crippen LogP contribution is -2.67. The van der Waals surface area contributed by atoms with Crippen LogP contribution in [0.25, 0.3) is 0 Å². The number of rotatable bonds is 0. The van der Waals surface area contributed by atoms with E-state index in [0.29, 0.717) is 11.8 Å². The lowest BCUT2D eigenvalue weighted by molar-refractivity contribution is 0.164. The molecule has 22 heavy (non-hydrogen) atoms. The molecular formula is C20H22N2. The van der Waals surface area contributed by atoms with E-state index in [1.807, 2.05) is 0 Å². The fourth-order valence-corrected chi connectivity index (χ4v) is 5.11. The highest BCUT2D eigenvalue weighted by Crippen LogP contribution is 2.60. The van der Waals surface area contributed by atoms with Crippen LogP contribution in [0.5, 0.6) is 0 Å². The van der Waals surface area contributed by atoms with E-state index in [4.69, 9.17) is 0 Å². The van der Waals surface area contributed by atoms with Gasteiger partial charge in [0.25, 0.3) is 0 Å². The standard InChI is InChI=1S/C20H22N2/c1-19-11-15(13-7-3-5-9-17(13)21-19)16-12-20(19,2)22-18-10-6-4-8-14(16)18/h3-10,15-16,21-22H,11-12H2,1-2H3/t15-,16-,19-,20+/m1/s1. The van der Waals surface area contributed by atoms with Crippen LogP contribution in [0.3, 0.4) is 0 Å². The zero-order valence-electron chi connectivity index (χ0n) is 13.2. The normalized spacial score (nSPS) is 37.4. The molecule has 2 heterocycles. The first-order chi connectivity index (χ1) is 10.6. The number of nitrogens with one attached hydrogen (secondary N) is 2. The molecule has 1 aliphatic carbocycles. The Morgan fingerprint density at radius 1 is 0.727 bits per heavy atom. The summed E-state index contributed by atoms with van der Waals surface area (Å²) in [5.74, 6) is 1.25. The summed E-state index contributed by atoms with van der Waals surface area (Å²) >= 11 is 0. The smallest absolute Gasteiger partial charge is 0.0578 e. The Morgan fingerprint density at radius 3 is 1.59 bits per heavy atom. The maximum Gasteiger partial charge on any atom is 0.0578 e. The van der Waals surface area contributed by atoms with Crippen molar-refractivity contribution in [1.29, 1.82) is 0 Å². The van der Waals surface area contributed by atoms with Gasteiger partial charge in [-0.15, -0.1) is 0 Å². The highest BCUT2D eigenvalue weighted by molar-refractivity contribution is 5.67. The van der Waals surface area contributed by atoms with Crippen LogP contribution in [0, 0.1) is 0 Å². The molecule has 0 spiro atoms. The molecule has 1 saturated carbocycles. The van der Waals surface area contributed by atoms with E-state index >= 15 is 0 Å². The molecule has 2 aromatic carbocycles. The molecule has 2 heteroatoms. The van der Waals surface area contributed by atoms with Crippen molar-refractivity contribution < 1.29 is 0 Å². The van der Waals surface area contributed by atoms with Crippen molar-refractivity contribution in [3.8, 4) is 0 Å². The van der Waals surface area contributed by atoms with Crippen LogP contribution in [0.2, 0.25) is 0 Å². The van der Waals surface area contributed by atoms with Crippen LogP contribution in [-0.4, -0.2) is 11.1 Å². The first-order valence-electron chi connectivity index (χ1n) is 8.34. The number of fused-ring (bicyclic) bond motifs is 10. The molecule has 0 amide bonds. The minimum atomic E-state index is 0.0933. The number of hydrogen-bond acceptors (Lipinski definition) is 2. The van der Waals surface area contributed by atoms with Crippen molar-refractivity contribution in [2.45, 2.75) is 49.6 Å². The highest BCUT2D eigenvalue weighted by atomic mass is 15.1. The molecule has 0 radical (unpaired) electrons. The van der Waals surface area contributed by atoms with E-state index in [1.165, 1.54) is 35.3 Å². The number of hydrogen-bond donors (Lipinski definition) is 2. The van der Waals surface area contributed by atoms with Gasteiger partial charge in [-0.2, -0.15) is 0 Å². The maximum absolute atomic E-state index is 3.87. The SMILES string of the molecule is C[C@]12C[C@H](c3ccccc3N1)[C@@H]1C[C@]2(C)Nc2ccccc21. The van der Waals surface area contributed by atoms with Crippen molar-refractivity contribution in [3.63, 3.8) is 0 Å². The molecule has 2 N–H and O–H groups in total. The summed E-state index contributed by atoms with van der Waals surface area (Å²) in [6, 6.07) is 17.8. The van der Waals surface area contributed by atoms with Gasteiger partial charge in [-0.1, -0.05) is 36.4 Å². The van der Waals surface area contributed by atoms with E-state index in [1.54, 1.807) is 0 Å². The second kappa shape index (κ2) is 3.87. The highest BCUT2D eigenvalue weighted by Gasteiger charge is 2.57. The minimum Gasteiger partial charge on any atom is -0.377 e. The second-order valence-electron chi connectivity index (χ2n) is 7.71. The average molecular weight is 290 g/mol. The Morgan fingerprint density at radius 2 is 1.14 bits per heavy atom. The van der Waals surface area contributed by atoms with Gasteiger partial charge in [0.1, 0.15) is 0 Å². The van der Waals surface area contributed by atoms with Crippen LogP contribution in [0.15, 0.2) is 48.5 Å². The fourth-order valence-electron chi connectivity index (χ4n) is 5.11. The molecule has 2 nitrogen and oxygen atoms in total. The first-order valence-corrected chi connectivity index (χ1v) is 8.34. The van der Waals surface area contributed by atoms with Gasteiger partial charge in [-0.3, -0.25) is 0 Å². The molecule has 0 unspecified atom stereocenters. The number of benzene rings is 2. The van der Waals surface area contributed by atoms with Crippen molar-refractivity contribution in [1.82, 2.24) is 0 Å². The van der Waals surface area contributed by atoms with Gasteiger partial charge < -0.3 is 10.6 Å². The summed E-state index contributed by atoms with van der Waals surface area (Å²) in [4.78, 5) is 0. The van der Waals surface area contributed by atoms with Crippen LogP contribution < -0.4 is 10.6 Å². The van der Waals surface area contributed by atoms with Crippen LogP contribution in [0.1, 0.15) is 49.7 Å². The van der Waals surface area contributed by atoms with Gasteiger partial charge in [-0.05, 0) is 61.8 Å². The van der Waals surface area contributed by atoms with Gasteiger partial charge in [-0.25, -0.2) is 0 Å². The predicted molar refractivity (Wildman–Crippen MR) is 91.7 cm³/mol. The fraction of sp³-hybridized carbons (Fsp3) is 0.400. The Kier molecular flexibility index (Phi) is 2.21. The lowest BCUT2D eigenvalue weighted by Gasteiger charge is -2.61. The number of anilines is 2. The van der Waals surface area contributed by atoms with Crippen molar-refractivity contribution in [2.75, 3.05) is 10.6 Å². The van der Waals surface area contributed by atoms with E-state index < -0.39 is 0 Å². The quantitative estimate of drug-likeness (QED) is 0.734. The summed E-state index contributed by atoms with van der Waals surface area (Å²) in [5, 5.41) is 7.74. The van der Waals surface area contributed by atoms with Crippen LogP contribution in [0.4, 0.5) is 11.4 Å². The number of para-hydroxylation sites is 2. The summed E-state index contributed by atoms with van der Waals surface area (Å²) in [5.41, 5.74) is 5.86. The first kappa shape index (κ1) is 12.6. The third-order valence-corrected chi connectivity index (χ3v) is 6.50. The lowest BCUT2D eigenvalue weighted by atomic mass is 9.54. The van der Waals surface area contributed by atoms with Crippen LogP contribution >= 0.6 is 0 Å². The monoisotopic (exact) mass is 290 g/mol. The maximum atomic E-state index is 3.87. The molecular weight excluding hydrogens is 268 g/mol. The third-order valence-electron chi connectivity index (χ3n) is 6.50. The minimum absolute atomic E-state index is 0.0933. The molecule has 112 valence electrons. The van der Waals surface area contributed by atoms with Gasteiger partial charge >= 0.3 is 0 Å². The molecule has 2 aliphatic heterocycles. The van der Waals surface area contributed by atoms with Crippen molar-refractivity contribution >= 4 is 11.4 Å². The Labute approximate surface area is 131 Å². The van der Waals surface area contributed by atoms with E-state index in [0.717, 1.165) is 0 Å².